The van der Waals surface area contributed by atoms with Crippen LogP contribution in [0.4, 0.5) is 0 Å². The first-order valence-corrected chi connectivity index (χ1v) is 6.80. The van der Waals surface area contributed by atoms with Gasteiger partial charge in [-0.05, 0) is 13.3 Å². The second-order valence-corrected chi connectivity index (χ2v) is 4.60. The summed E-state index contributed by atoms with van der Waals surface area (Å²) in [5.74, 6) is -0.266. The van der Waals surface area contributed by atoms with Crippen molar-refractivity contribution in [3.63, 3.8) is 0 Å². The molecule has 0 spiro atoms. The molecule has 0 bridgehead atoms. The molecule has 0 N–H and O–H groups in total. The number of unbranched alkanes of at least 4 members (excludes halogenated alkanes) is 8. The molecule has 0 aliphatic carbocycles. The van der Waals surface area contributed by atoms with Crippen molar-refractivity contribution in [2.75, 3.05) is 6.61 Å². The first-order chi connectivity index (χ1) is 8.18. The van der Waals surface area contributed by atoms with Crippen LogP contribution >= 0.6 is 0 Å². The van der Waals surface area contributed by atoms with Gasteiger partial charge in [0.15, 0.2) is 0 Å². The van der Waals surface area contributed by atoms with Crippen LogP contribution in [-0.4, -0.2) is 12.6 Å². The minimum atomic E-state index is -0.266. The van der Waals surface area contributed by atoms with Crippen molar-refractivity contribution in [3.05, 3.63) is 19.1 Å². The van der Waals surface area contributed by atoms with Crippen molar-refractivity contribution in [2.45, 2.75) is 64.7 Å². The number of esters is 1. The van der Waals surface area contributed by atoms with E-state index in [-0.39, 0.29) is 24.8 Å². The Bertz CT molecular complexity index is 215. The molecule has 0 unspecified atom stereocenters. The Morgan fingerprint density at radius 2 is 1.44 bits per heavy atom. The van der Waals surface area contributed by atoms with E-state index in [2.05, 4.69) is 13.5 Å². The molecule has 0 heterocycles. The van der Waals surface area contributed by atoms with Gasteiger partial charge in [0.1, 0.15) is 0 Å². The first kappa shape index (κ1) is 20.1. The number of carbonyl (C=O) groups is 1. The minimum Gasteiger partial charge on any atom is -0.462 e. The van der Waals surface area contributed by atoms with Gasteiger partial charge in [-0.15, -0.1) is 0 Å². The smallest absolute Gasteiger partial charge is 0.462 e. The standard InChI is InChI=1S/C15H27O2.Li/c1-4-5-6-7-8-9-10-11-12-13-17-15(16)14(2)3;/h1-2,4-13H2,3H3;/q-1;+1. The molecule has 0 fully saturated rings. The summed E-state index contributed by atoms with van der Waals surface area (Å²) in [4.78, 5) is 11.1. The Hall–Kier alpha value is -0.193. The summed E-state index contributed by atoms with van der Waals surface area (Å²) in [5.41, 5.74) is 0.482. The monoisotopic (exact) mass is 246 g/mol. The fraction of sp³-hybridized carbons (Fsp3) is 0.733. The van der Waals surface area contributed by atoms with Gasteiger partial charge in [-0.25, -0.2) is 4.79 Å². The Kier molecular flexibility index (Phi) is 16.6. The second-order valence-electron chi connectivity index (χ2n) is 4.60. The summed E-state index contributed by atoms with van der Waals surface area (Å²) in [6, 6.07) is 0. The SMILES string of the molecule is C=C(C)C(=O)OCCCCCCCCCC[CH2-].[Li+]. The van der Waals surface area contributed by atoms with Crippen molar-refractivity contribution >= 4 is 5.97 Å². The zero-order valence-electron chi connectivity index (χ0n) is 12.3. The minimum absolute atomic E-state index is 0. The number of carbonyl (C=O) groups excluding carboxylic acids is 1. The topological polar surface area (TPSA) is 26.3 Å². The Labute approximate surface area is 125 Å². The van der Waals surface area contributed by atoms with Crippen LogP contribution in [0.15, 0.2) is 12.2 Å². The second kappa shape index (κ2) is 14.9. The van der Waals surface area contributed by atoms with Crippen molar-refractivity contribution in [2.24, 2.45) is 0 Å². The molecule has 0 aromatic rings. The zero-order chi connectivity index (χ0) is 12.9. The third-order valence-electron chi connectivity index (χ3n) is 2.73. The Morgan fingerprint density at radius 1 is 1.00 bits per heavy atom. The Balaban J connectivity index is 0. The first-order valence-electron chi connectivity index (χ1n) is 6.80. The van der Waals surface area contributed by atoms with Crippen LogP contribution in [0.3, 0.4) is 0 Å². The summed E-state index contributed by atoms with van der Waals surface area (Å²) in [6.07, 6.45) is 11.0. The maximum absolute atomic E-state index is 11.1. The average Bonchev–Trinajstić information content (AvgIpc) is 2.31. The van der Waals surface area contributed by atoms with E-state index in [0.29, 0.717) is 12.2 Å². The van der Waals surface area contributed by atoms with Crippen molar-refractivity contribution in [3.8, 4) is 0 Å². The van der Waals surface area contributed by atoms with Crippen molar-refractivity contribution in [1.29, 1.82) is 0 Å². The number of hydrogen-bond donors (Lipinski definition) is 0. The van der Waals surface area contributed by atoms with Gasteiger partial charge in [0.25, 0.3) is 0 Å². The van der Waals surface area contributed by atoms with Crippen molar-refractivity contribution in [1.82, 2.24) is 0 Å². The Morgan fingerprint density at radius 3 is 1.89 bits per heavy atom. The summed E-state index contributed by atoms with van der Waals surface area (Å²) in [7, 11) is 0. The van der Waals surface area contributed by atoms with Gasteiger partial charge < -0.3 is 11.7 Å². The molecule has 0 amide bonds. The van der Waals surface area contributed by atoms with E-state index in [1.807, 2.05) is 0 Å². The molecular weight excluding hydrogens is 219 g/mol. The zero-order valence-corrected chi connectivity index (χ0v) is 12.3. The molecular formula is C15H27LiO2. The summed E-state index contributed by atoms with van der Waals surface area (Å²) < 4.78 is 5.02. The maximum atomic E-state index is 11.1. The number of rotatable bonds is 11. The van der Waals surface area contributed by atoms with Gasteiger partial charge in [-0.2, -0.15) is 6.42 Å². The molecule has 0 radical (unpaired) electrons. The van der Waals surface area contributed by atoms with E-state index in [0.717, 1.165) is 19.3 Å². The molecule has 18 heavy (non-hydrogen) atoms. The van der Waals surface area contributed by atoms with Crippen LogP contribution in [-0.2, 0) is 9.53 Å². The van der Waals surface area contributed by atoms with Crippen LogP contribution in [0.25, 0.3) is 0 Å². The van der Waals surface area contributed by atoms with Crippen LogP contribution in [0, 0.1) is 6.92 Å². The fourth-order valence-electron chi connectivity index (χ4n) is 1.63. The van der Waals surface area contributed by atoms with Gasteiger partial charge >= 0.3 is 24.8 Å². The van der Waals surface area contributed by atoms with Gasteiger partial charge in [-0.1, -0.05) is 51.5 Å². The third-order valence-corrected chi connectivity index (χ3v) is 2.73. The summed E-state index contributed by atoms with van der Waals surface area (Å²) in [6.45, 7) is 9.58. The molecule has 0 rings (SSSR count). The van der Waals surface area contributed by atoms with E-state index in [1.54, 1.807) is 6.92 Å². The van der Waals surface area contributed by atoms with Gasteiger partial charge in [0, 0.05) is 5.57 Å². The quantitative estimate of drug-likeness (QED) is 0.181. The molecule has 0 saturated carbocycles. The molecule has 0 aromatic carbocycles. The van der Waals surface area contributed by atoms with Gasteiger partial charge in [0.2, 0.25) is 0 Å². The van der Waals surface area contributed by atoms with Crippen LogP contribution in [0.1, 0.15) is 64.7 Å². The van der Waals surface area contributed by atoms with E-state index in [1.165, 1.54) is 38.5 Å². The fourth-order valence-corrected chi connectivity index (χ4v) is 1.63. The molecule has 3 heteroatoms. The van der Waals surface area contributed by atoms with Crippen LogP contribution in [0.5, 0.6) is 0 Å². The average molecular weight is 246 g/mol. The summed E-state index contributed by atoms with van der Waals surface area (Å²) in [5, 5.41) is 0. The molecule has 0 atom stereocenters. The molecule has 100 valence electrons. The van der Waals surface area contributed by atoms with Crippen LogP contribution in [0.2, 0.25) is 0 Å². The number of hydrogen-bond acceptors (Lipinski definition) is 2. The maximum Gasteiger partial charge on any atom is 1.00 e. The normalized spacial score (nSPS) is 9.67. The van der Waals surface area contributed by atoms with E-state index >= 15 is 0 Å². The predicted molar refractivity (Wildman–Crippen MR) is 72.7 cm³/mol. The summed E-state index contributed by atoms with van der Waals surface area (Å²) >= 11 is 0. The molecule has 0 aromatic heterocycles. The van der Waals surface area contributed by atoms with Gasteiger partial charge in [0.05, 0.1) is 6.61 Å². The van der Waals surface area contributed by atoms with E-state index < -0.39 is 0 Å². The third kappa shape index (κ3) is 13.9. The van der Waals surface area contributed by atoms with E-state index in [4.69, 9.17) is 4.74 Å². The van der Waals surface area contributed by atoms with Crippen LogP contribution < -0.4 is 18.9 Å². The molecule has 0 saturated heterocycles. The number of ether oxygens (including phenoxy) is 1. The molecule has 0 aliphatic heterocycles. The predicted octanol–water partition coefficient (Wildman–Crippen LogP) is 1.45. The van der Waals surface area contributed by atoms with Gasteiger partial charge in [-0.3, -0.25) is 0 Å². The molecule has 0 aliphatic rings. The van der Waals surface area contributed by atoms with E-state index in [9.17, 15) is 4.79 Å². The largest absolute Gasteiger partial charge is 1.00 e. The molecule has 2 nitrogen and oxygen atoms in total. The van der Waals surface area contributed by atoms with Crippen molar-refractivity contribution < 1.29 is 28.4 Å².